The van der Waals surface area contributed by atoms with Gasteiger partial charge in [0.2, 0.25) is 0 Å². The summed E-state index contributed by atoms with van der Waals surface area (Å²) < 4.78 is 0. The van der Waals surface area contributed by atoms with Crippen molar-refractivity contribution in [1.82, 2.24) is 0 Å². The Morgan fingerprint density at radius 1 is 0.750 bits per heavy atom. The predicted octanol–water partition coefficient (Wildman–Crippen LogP) is 9.60. The third-order valence-corrected chi connectivity index (χ3v) is 9.59. The molecule has 2 saturated carbocycles. The number of rotatable bonds is 4. The van der Waals surface area contributed by atoms with E-state index in [1.807, 2.05) is 0 Å². The molecule has 0 aliphatic heterocycles. The van der Waals surface area contributed by atoms with Crippen molar-refractivity contribution in [3.63, 3.8) is 0 Å². The fourth-order valence-electron chi connectivity index (χ4n) is 8.00. The van der Waals surface area contributed by atoms with Gasteiger partial charge >= 0.3 is 0 Å². The molecule has 3 aliphatic carbocycles. The van der Waals surface area contributed by atoms with Crippen LogP contribution in [0, 0.1) is 17.8 Å². The average Bonchev–Trinajstić information content (AvgIpc) is 3.23. The van der Waals surface area contributed by atoms with E-state index in [1.54, 1.807) is 11.1 Å². The summed E-state index contributed by atoms with van der Waals surface area (Å²) in [6.07, 6.45) is 8.25. The molecule has 4 aromatic carbocycles. The Kier molecular flexibility index (Phi) is 5.27. The normalized spacial score (nSPS) is 25.9. The molecule has 4 aromatic rings. The molecule has 2 bridgehead atoms. The van der Waals surface area contributed by atoms with Gasteiger partial charge in [0.1, 0.15) is 0 Å². The van der Waals surface area contributed by atoms with Gasteiger partial charge in [-0.2, -0.15) is 0 Å². The van der Waals surface area contributed by atoms with Crippen molar-refractivity contribution in [2.45, 2.75) is 50.9 Å². The SMILES string of the molecule is CCC1CC2CCC3(c4ccccc4-c4c(Nc5cccc(-c6ccccc6)c5)cccc43)C(C1)C2. The largest absolute Gasteiger partial charge is 0.355 e. The quantitative estimate of drug-likeness (QED) is 0.314. The van der Waals surface area contributed by atoms with Crippen LogP contribution in [0.3, 0.4) is 0 Å². The summed E-state index contributed by atoms with van der Waals surface area (Å²) in [5, 5.41) is 3.85. The van der Waals surface area contributed by atoms with E-state index in [0.29, 0.717) is 0 Å². The zero-order chi connectivity index (χ0) is 24.1. The van der Waals surface area contributed by atoms with Crippen LogP contribution >= 0.6 is 0 Å². The van der Waals surface area contributed by atoms with E-state index in [0.717, 1.165) is 23.4 Å². The topological polar surface area (TPSA) is 12.0 Å². The summed E-state index contributed by atoms with van der Waals surface area (Å²) in [4.78, 5) is 0. The summed E-state index contributed by atoms with van der Waals surface area (Å²) >= 11 is 0. The van der Waals surface area contributed by atoms with Crippen LogP contribution in [0.2, 0.25) is 0 Å². The van der Waals surface area contributed by atoms with Crippen LogP contribution < -0.4 is 5.32 Å². The van der Waals surface area contributed by atoms with Crippen molar-refractivity contribution in [3.05, 3.63) is 108 Å². The first-order valence-electron chi connectivity index (χ1n) is 13.9. The van der Waals surface area contributed by atoms with E-state index >= 15 is 0 Å². The van der Waals surface area contributed by atoms with Crippen molar-refractivity contribution in [3.8, 4) is 22.3 Å². The van der Waals surface area contributed by atoms with Gasteiger partial charge in [0, 0.05) is 22.4 Å². The number of anilines is 2. The van der Waals surface area contributed by atoms with E-state index in [-0.39, 0.29) is 5.41 Å². The fourth-order valence-corrected chi connectivity index (χ4v) is 8.00. The molecule has 36 heavy (non-hydrogen) atoms. The summed E-state index contributed by atoms with van der Waals surface area (Å²) in [7, 11) is 0. The Hall–Kier alpha value is -3.32. The molecule has 1 nitrogen and oxygen atoms in total. The van der Waals surface area contributed by atoms with Gasteiger partial charge in [-0.3, -0.25) is 0 Å². The van der Waals surface area contributed by atoms with Crippen LogP contribution in [0.5, 0.6) is 0 Å². The molecular formula is C35H35N. The highest BCUT2D eigenvalue weighted by atomic mass is 14.9. The van der Waals surface area contributed by atoms with E-state index in [2.05, 4.69) is 109 Å². The van der Waals surface area contributed by atoms with Crippen LogP contribution in [0.1, 0.15) is 56.6 Å². The first kappa shape index (κ1) is 21.9. The minimum absolute atomic E-state index is 0.180. The van der Waals surface area contributed by atoms with Gasteiger partial charge < -0.3 is 5.32 Å². The fraction of sp³-hybridized carbons (Fsp3) is 0.314. The Bertz CT molecular complexity index is 1400. The van der Waals surface area contributed by atoms with Gasteiger partial charge in [0.25, 0.3) is 0 Å². The van der Waals surface area contributed by atoms with Gasteiger partial charge in [-0.05, 0) is 95.9 Å². The molecule has 4 unspecified atom stereocenters. The Balaban J connectivity index is 1.33. The van der Waals surface area contributed by atoms with E-state index < -0.39 is 0 Å². The summed E-state index contributed by atoms with van der Waals surface area (Å²) in [6, 6.07) is 35.9. The molecule has 0 heterocycles. The minimum Gasteiger partial charge on any atom is -0.355 e. The number of fused-ring (bicyclic) bond motifs is 8. The lowest BCUT2D eigenvalue weighted by Gasteiger charge is -2.51. The average molecular weight is 470 g/mol. The lowest BCUT2D eigenvalue weighted by Crippen LogP contribution is -2.44. The zero-order valence-electron chi connectivity index (χ0n) is 21.2. The molecular weight excluding hydrogens is 434 g/mol. The maximum absolute atomic E-state index is 3.85. The van der Waals surface area contributed by atoms with Gasteiger partial charge in [-0.25, -0.2) is 0 Å². The van der Waals surface area contributed by atoms with Gasteiger partial charge in [0.05, 0.1) is 0 Å². The molecule has 0 amide bonds. The Morgan fingerprint density at radius 3 is 2.42 bits per heavy atom. The molecule has 3 aliphatic rings. The highest BCUT2D eigenvalue weighted by Crippen LogP contribution is 2.63. The Morgan fingerprint density at radius 2 is 1.53 bits per heavy atom. The van der Waals surface area contributed by atoms with Gasteiger partial charge in [-0.1, -0.05) is 92.2 Å². The molecule has 180 valence electrons. The lowest BCUT2D eigenvalue weighted by atomic mass is 9.53. The smallest absolute Gasteiger partial charge is 0.0467 e. The Labute approximate surface area is 215 Å². The molecule has 4 atom stereocenters. The zero-order valence-corrected chi connectivity index (χ0v) is 21.2. The molecule has 1 heteroatoms. The van der Waals surface area contributed by atoms with Crippen molar-refractivity contribution in [1.29, 1.82) is 0 Å². The minimum atomic E-state index is 0.180. The lowest BCUT2D eigenvalue weighted by molar-refractivity contribution is 0.0778. The third kappa shape index (κ3) is 3.36. The second-order valence-corrected chi connectivity index (χ2v) is 11.4. The first-order chi connectivity index (χ1) is 17.8. The molecule has 0 radical (unpaired) electrons. The van der Waals surface area contributed by atoms with E-state index in [9.17, 15) is 0 Å². The van der Waals surface area contributed by atoms with Crippen LogP contribution in [-0.2, 0) is 5.41 Å². The number of nitrogens with one attached hydrogen (secondary N) is 1. The predicted molar refractivity (Wildman–Crippen MR) is 152 cm³/mol. The standard InChI is InChI=1S/C35H35N/c1-2-24-20-25-18-19-35(28(21-24)22-25)31-15-7-6-14-30(31)34-32(35)16-9-17-33(34)36-29-13-8-12-27(23-29)26-10-4-3-5-11-26/h3-17,23-25,28,36H,2,18-22H2,1H3. The monoisotopic (exact) mass is 469 g/mol. The molecule has 1 spiro atoms. The van der Waals surface area contributed by atoms with E-state index in [4.69, 9.17) is 0 Å². The van der Waals surface area contributed by atoms with Crippen LogP contribution in [0.15, 0.2) is 97.1 Å². The second-order valence-electron chi connectivity index (χ2n) is 11.4. The molecule has 1 N–H and O–H groups in total. The van der Waals surface area contributed by atoms with Gasteiger partial charge in [-0.15, -0.1) is 0 Å². The number of hydrogen-bond acceptors (Lipinski definition) is 1. The number of benzene rings is 4. The molecule has 0 saturated heterocycles. The highest BCUT2D eigenvalue weighted by molar-refractivity contribution is 5.92. The van der Waals surface area contributed by atoms with Crippen LogP contribution in [-0.4, -0.2) is 0 Å². The van der Waals surface area contributed by atoms with Crippen molar-refractivity contribution >= 4 is 11.4 Å². The van der Waals surface area contributed by atoms with Crippen molar-refractivity contribution < 1.29 is 0 Å². The number of hydrogen-bond donors (Lipinski definition) is 1. The van der Waals surface area contributed by atoms with Crippen molar-refractivity contribution in [2.24, 2.45) is 17.8 Å². The maximum Gasteiger partial charge on any atom is 0.0467 e. The molecule has 7 rings (SSSR count). The molecule has 0 aromatic heterocycles. The second kappa shape index (κ2) is 8.66. The van der Waals surface area contributed by atoms with Gasteiger partial charge in [0.15, 0.2) is 0 Å². The molecule has 2 fully saturated rings. The first-order valence-corrected chi connectivity index (χ1v) is 13.9. The van der Waals surface area contributed by atoms with E-state index in [1.165, 1.54) is 66.5 Å². The van der Waals surface area contributed by atoms with Crippen LogP contribution in [0.4, 0.5) is 11.4 Å². The summed E-state index contributed by atoms with van der Waals surface area (Å²) in [5.74, 6) is 2.58. The van der Waals surface area contributed by atoms with Crippen LogP contribution in [0.25, 0.3) is 22.3 Å². The summed E-state index contributed by atoms with van der Waals surface area (Å²) in [6.45, 7) is 2.40. The van der Waals surface area contributed by atoms with Crippen molar-refractivity contribution in [2.75, 3.05) is 5.32 Å². The highest BCUT2D eigenvalue weighted by Gasteiger charge is 2.53. The maximum atomic E-state index is 3.85. The third-order valence-electron chi connectivity index (χ3n) is 9.59. The summed E-state index contributed by atoms with van der Waals surface area (Å²) in [5.41, 5.74) is 11.1.